The fourth-order valence-corrected chi connectivity index (χ4v) is 2.50. The summed E-state index contributed by atoms with van der Waals surface area (Å²) in [6, 6.07) is 9.95. The van der Waals surface area contributed by atoms with E-state index in [2.05, 4.69) is 20.9 Å². The van der Waals surface area contributed by atoms with Crippen molar-refractivity contribution in [1.82, 2.24) is 4.98 Å². The number of aromatic nitrogens is 1. The predicted molar refractivity (Wildman–Crippen MR) is 82.0 cm³/mol. The van der Waals surface area contributed by atoms with Crippen LogP contribution in [-0.4, -0.2) is 28.6 Å². The molecule has 2 aromatic rings. The van der Waals surface area contributed by atoms with E-state index in [1.807, 2.05) is 0 Å². The summed E-state index contributed by atoms with van der Waals surface area (Å²) in [7, 11) is 0. The van der Waals surface area contributed by atoms with Gasteiger partial charge in [0.15, 0.2) is 18.2 Å². The SMILES string of the molecule is O=C(O)c1cccc(CN2C(=O)COc3ccc(Br)nc32)c1. The Morgan fingerprint density at radius 3 is 2.95 bits per heavy atom. The van der Waals surface area contributed by atoms with Crippen LogP contribution in [0.15, 0.2) is 41.0 Å². The summed E-state index contributed by atoms with van der Waals surface area (Å²) in [5.41, 5.74) is 0.892. The highest BCUT2D eigenvalue weighted by atomic mass is 79.9. The van der Waals surface area contributed by atoms with Gasteiger partial charge < -0.3 is 9.84 Å². The molecule has 1 aliphatic rings. The molecule has 0 saturated carbocycles. The van der Waals surface area contributed by atoms with E-state index in [0.29, 0.717) is 21.7 Å². The number of rotatable bonds is 3. The fraction of sp³-hybridized carbons (Fsp3) is 0.133. The van der Waals surface area contributed by atoms with E-state index < -0.39 is 5.97 Å². The Bertz CT molecular complexity index is 763. The number of fused-ring (bicyclic) bond motifs is 1. The van der Waals surface area contributed by atoms with Crippen LogP contribution in [0.1, 0.15) is 15.9 Å². The van der Waals surface area contributed by atoms with Gasteiger partial charge in [0.2, 0.25) is 0 Å². The molecule has 1 aromatic heterocycles. The normalized spacial score (nSPS) is 13.5. The lowest BCUT2D eigenvalue weighted by Crippen LogP contribution is -2.39. The summed E-state index contributed by atoms with van der Waals surface area (Å²) in [6.07, 6.45) is 0. The third kappa shape index (κ3) is 2.80. The molecule has 0 bridgehead atoms. The number of anilines is 1. The Balaban J connectivity index is 1.95. The first-order valence-electron chi connectivity index (χ1n) is 6.46. The van der Waals surface area contributed by atoms with E-state index in [4.69, 9.17) is 9.84 Å². The van der Waals surface area contributed by atoms with Gasteiger partial charge in [0.25, 0.3) is 5.91 Å². The Kier molecular flexibility index (Phi) is 3.81. The summed E-state index contributed by atoms with van der Waals surface area (Å²) in [6.45, 7) is 0.175. The van der Waals surface area contributed by atoms with Crippen molar-refractivity contribution in [2.24, 2.45) is 0 Å². The van der Waals surface area contributed by atoms with Gasteiger partial charge in [0.1, 0.15) is 4.60 Å². The lowest BCUT2D eigenvalue weighted by Gasteiger charge is -2.28. The number of ether oxygens (including phenoxy) is 1. The second-order valence-corrected chi connectivity index (χ2v) is 5.54. The maximum Gasteiger partial charge on any atom is 0.335 e. The number of benzene rings is 1. The van der Waals surface area contributed by atoms with Gasteiger partial charge in [-0.15, -0.1) is 0 Å². The number of amides is 1. The third-order valence-corrected chi connectivity index (χ3v) is 3.67. The van der Waals surface area contributed by atoms with Crippen molar-refractivity contribution >= 4 is 33.6 Å². The van der Waals surface area contributed by atoms with Crippen LogP contribution >= 0.6 is 15.9 Å². The Labute approximate surface area is 134 Å². The molecule has 2 heterocycles. The number of carboxylic acid groups (broad SMARTS) is 1. The number of hydrogen-bond acceptors (Lipinski definition) is 4. The molecule has 112 valence electrons. The minimum absolute atomic E-state index is 0.0606. The van der Waals surface area contributed by atoms with Crippen molar-refractivity contribution in [3.8, 4) is 5.75 Å². The number of carbonyl (C=O) groups excluding carboxylic acids is 1. The molecule has 0 spiro atoms. The number of halogens is 1. The van der Waals surface area contributed by atoms with E-state index in [9.17, 15) is 9.59 Å². The smallest absolute Gasteiger partial charge is 0.335 e. The second-order valence-electron chi connectivity index (χ2n) is 4.73. The molecule has 3 rings (SSSR count). The summed E-state index contributed by atoms with van der Waals surface area (Å²) in [5.74, 6) is -0.279. The number of carboxylic acids is 1. The monoisotopic (exact) mass is 362 g/mol. The fourth-order valence-electron chi connectivity index (χ4n) is 2.20. The second kappa shape index (κ2) is 5.76. The van der Waals surface area contributed by atoms with Crippen LogP contribution in [0.2, 0.25) is 0 Å². The lowest BCUT2D eigenvalue weighted by atomic mass is 10.1. The van der Waals surface area contributed by atoms with Gasteiger partial charge >= 0.3 is 5.97 Å². The Hall–Kier alpha value is -2.41. The summed E-state index contributed by atoms with van der Waals surface area (Å²) in [4.78, 5) is 28.9. The zero-order chi connectivity index (χ0) is 15.7. The van der Waals surface area contributed by atoms with Crippen LogP contribution in [-0.2, 0) is 11.3 Å². The van der Waals surface area contributed by atoms with Gasteiger partial charge in [-0.2, -0.15) is 0 Å². The van der Waals surface area contributed by atoms with E-state index in [0.717, 1.165) is 0 Å². The maximum atomic E-state index is 12.1. The Morgan fingerprint density at radius 2 is 2.18 bits per heavy atom. The van der Waals surface area contributed by atoms with Gasteiger partial charge in [0.05, 0.1) is 12.1 Å². The van der Waals surface area contributed by atoms with Gasteiger partial charge in [-0.3, -0.25) is 9.69 Å². The number of hydrogen-bond donors (Lipinski definition) is 1. The van der Waals surface area contributed by atoms with Crippen LogP contribution in [0, 0.1) is 0 Å². The molecule has 1 amide bonds. The zero-order valence-electron chi connectivity index (χ0n) is 11.3. The minimum atomic E-state index is -1.00. The van der Waals surface area contributed by atoms with E-state index >= 15 is 0 Å². The first-order valence-corrected chi connectivity index (χ1v) is 7.26. The zero-order valence-corrected chi connectivity index (χ0v) is 12.9. The van der Waals surface area contributed by atoms with Crippen LogP contribution in [0.5, 0.6) is 5.75 Å². The topological polar surface area (TPSA) is 79.7 Å². The predicted octanol–water partition coefficient (Wildman–Crippen LogP) is 2.47. The molecule has 0 radical (unpaired) electrons. The first kappa shape index (κ1) is 14.5. The van der Waals surface area contributed by atoms with Crippen molar-refractivity contribution in [3.63, 3.8) is 0 Å². The quantitative estimate of drug-likeness (QED) is 0.848. The van der Waals surface area contributed by atoms with Gasteiger partial charge in [-0.25, -0.2) is 9.78 Å². The molecule has 0 atom stereocenters. The van der Waals surface area contributed by atoms with Gasteiger partial charge in [-0.1, -0.05) is 12.1 Å². The average Bonchev–Trinajstić information content (AvgIpc) is 2.50. The van der Waals surface area contributed by atoms with Crippen molar-refractivity contribution < 1.29 is 19.4 Å². The van der Waals surface area contributed by atoms with Crippen molar-refractivity contribution in [1.29, 1.82) is 0 Å². The van der Waals surface area contributed by atoms with Crippen LogP contribution in [0.25, 0.3) is 0 Å². The highest BCUT2D eigenvalue weighted by molar-refractivity contribution is 9.10. The molecule has 1 N–H and O–H groups in total. The Morgan fingerprint density at radius 1 is 1.36 bits per heavy atom. The largest absolute Gasteiger partial charge is 0.480 e. The average molecular weight is 363 g/mol. The molecule has 1 aromatic carbocycles. The van der Waals surface area contributed by atoms with Crippen LogP contribution in [0.3, 0.4) is 0 Å². The van der Waals surface area contributed by atoms with E-state index in [-0.39, 0.29) is 24.6 Å². The number of nitrogens with zero attached hydrogens (tertiary/aromatic N) is 2. The van der Waals surface area contributed by atoms with Crippen molar-refractivity contribution in [3.05, 3.63) is 52.1 Å². The standard InChI is InChI=1S/C15H11BrN2O4/c16-12-5-4-11-14(17-12)18(13(19)8-22-11)7-9-2-1-3-10(6-9)15(20)21/h1-6H,7-8H2,(H,20,21). The highest BCUT2D eigenvalue weighted by Crippen LogP contribution is 2.32. The van der Waals surface area contributed by atoms with Crippen molar-refractivity contribution in [2.45, 2.75) is 6.54 Å². The van der Waals surface area contributed by atoms with E-state index in [1.54, 1.807) is 30.3 Å². The van der Waals surface area contributed by atoms with Crippen molar-refractivity contribution in [2.75, 3.05) is 11.5 Å². The maximum absolute atomic E-state index is 12.1. The van der Waals surface area contributed by atoms with Crippen LogP contribution in [0.4, 0.5) is 5.82 Å². The minimum Gasteiger partial charge on any atom is -0.480 e. The molecule has 1 aliphatic heterocycles. The molecule has 0 aliphatic carbocycles. The summed E-state index contributed by atoms with van der Waals surface area (Å²) in [5, 5.41) is 9.04. The summed E-state index contributed by atoms with van der Waals surface area (Å²) < 4.78 is 5.94. The lowest BCUT2D eigenvalue weighted by molar-refractivity contribution is -0.121. The molecule has 7 heteroatoms. The molecular formula is C15H11BrN2O4. The first-order chi connectivity index (χ1) is 10.5. The number of aromatic carboxylic acids is 1. The third-order valence-electron chi connectivity index (χ3n) is 3.23. The van der Waals surface area contributed by atoms with Gasteiger partial charge in [-0.05, 0) is 45.8 Å². The molecule has 0 fully saturated rings. The molecule has 6 nitrogen and oxygen atoms in total. The molecule has 22 heavy (non-hydrogen) atoms. The highest BCUT2D eigenvalue weighted by Gasteiger charge is 2.27. The number of carbonyl (C=O) groups is 2. The summed E-state index contributed by atoms with van der Waals surface area (Å²) >= 11 is 3.27. The molecule has 0 unspecified atom stereocenters. The van der Waals surface area contributed by atoms with Crippen LogP contribution < -0.4 is 9.64 Å². The van der Waals surface area contributed by atoms with E-state index in [1.165, 1.54) is 11.0 Å². The molecular weight excluding hydrogens is 352 g/mol. The number of pyridine rings is 1. The molecule has 0 saturated heterocycles. The van der Waals surface area contributed by atoms with Gasteiger partial charge in [0, 0.05) is 0 Å².